The lowest BCUT2D eigenvalue weighted by molar-refractivity contribution is 1.12. The zero-order valence-electron chi connectivity index (χ0n) is 9.12. The van der Waals surface area contributed by atoms with Gasteiger partial charge in [-0.25, -0.2) is 0 Å². The first-order valence-corrected chi connectivity index (χ1v) is 6.22. The standard InChI is InChI=1S/C13H7Cl3N2/c14-10-3-1-2-9(13(10)16)8-6-11(15)12(4-5-17)18-7-8/h1-3,6-7H,4H2. The summed E-state index contributed by atoms with van der Waals surface area (Å²) in [4.78, 5) is 4.16. The summed E-state index contributed by atoms with van der Waals surface area (Å²) >= 11 is 18.1. The maximum atomic E-state index is 8.62. The van der Waals surface area contributed by atoms with Crippen molar-refractivity contribution >= 4 is 34.8 Å². The van der Waals surface area contributed by atoms with Gasteiger partial charge in [-0.3, -0.25) is 4.98 Å². The second kappa shape index (κ2) is 5.58. The molecular formula is C13H7Cl3N2. The van der Waals surface area contributed by atoms with Gasteiger partial charge >= 0.3 is 0 Å². The molecule has 0 amide bonds. The molecular weight excluding hydrogens is 291 g/mol. The molecule has 1 heterocycles. The first-order chi connectivity index (χ1) is 8.63. The van der Waals surface area contributed by atoms with E-state index >= 15 is 0 Å². The predicted molar refractivity (Wildman–Crippen MR) is 74.0 cm³/mol. The number of hydrogen-bond acceptors (Lipinski definition) is 2. The second-order valence-electron chi connectivity index (χ2n) is 3.59. The largest absolute Gasteiger partial charge is 0.258 e. The molecule has 2 nitrogen and oxygen atoms in total. The minimum atomic E-state index is 0.183. The third kappa shape index (κ3) is 2.59. The molecule has 0 aliphatic carbocycles. The highest BCUT2D eigenvalue weighted by atomic mass is 35.5. The molecule has 0 saturated heterocycles. The van der Waals surface area contributed by atoms with E-state index in [1.165, 1.54) is 0 Å². The summed E-state index contributed by atoms with van der Waals surface area (Å²) in [6.07, 6.45) is 1.82. The molecule has 2 rings (SSSR count). The van der Waals surface area contributed by atoms with Crippen LogP contribution in [0.1, 0.15) is 5.69 Å². The van der Waals surface area contributed by atoms with Gasteiger partial charge in [-0.05, 0) is 12.1 Å². The fourth-order valence-corrected chi connectivity index (χ4v) is 2.19. The Hall–Kier alpha value is -1.27. The summed E-state index contributed by atoms with van der Waals surface area (Å²) in [6.45, 7) is 0. The van der Waals surface area contributed by atoms with Crippen LogP contribution < -0.4 is 0 Å². The molecule has 0 unspecified atom stereocenters. The highest BCUT2D eigenvalue weighted by Gasteiger charge is 2.09. The molecule has 1 aromatic heterocycles. The summed E-state index contributed by atoms with van der Waals surface area (Å²) in [6, 6.07) is 9.11. The van der Waals surface area contributed by atoms with E-state index < -0.39 is 0 Å². The Kier molecular flexibility index (Phi) is 4.08. The number of nitriles is 1. The highest BCUT2D eigenvalue weighted by molar-refractivity contribution is 6.43. The van der Waals surface area contributed by atoms with Gasteiger partial charge in [0.15, 0.2) is 0 Å². The average molecular weight is 298 g/mol. The molecule has 0 N–H and O–H groups in total. The average Bonchev–Trinajstić information content (AvgIpc) is 2.35. The van der Waals surface area contributed by atoms with Gasteiger partial charge < -0.3 is 0 Å². The minimum Gasteiger partial charge on any atom is -0.258 e. The van der Waals surface area contributed by atoms with Crippen molar-refractivity contribution in [3.8, 4) is 17.2 Å². The number of pyridine rings is 1. The van der Waals surface area contributed by atoms with E-state index in [1.54, 1.807) is 24.4 Å². The Morgan fingerprint density at radius 1 is 1.17 bits per heavy atom. The zero-order chi connectivity index (χ0) is 13.1. The van der Waals surface area contributed by atoms with E-state index in [-0.39, 0.29) is 6.42 Å². The molecule has 0 fully saturated rings. The molecule has 18 heavy (non-hydrogen) atoms. The Balaban J connectivity index is 2.50. The van der Waals surface area contributed by atoms with Gasteiger partial charge in [0.2, 0.25) is 0 Å². The molecule has 5 heteroatoms. The fraction of sp³-hybridized carbons (Fsp3) is 0.0769. The summed E-state index contributed by atoms with van der Waals surface area (Å²) < 4.78 is 0. The van der Waals surface area contributed by atoms with Crippen molar-refractivity contribution in [3.63, 3.8) is 0 Å². The van der Waals surface area contributed by atoms with Crippen LogP contribution in [-0.2, 0) is 6.42 Å². The minimum absolute atomic E-state index is 0.183. The van der Waals surface area contributed by atoms with Gasteiger partial charge in [0.25, 0.3) is 0 Å². The van der Waals surface area contributed by atoms with Crippen LogP contribution >= 0.6 is 34.8 Å². The number of aromatic nitrogens is 1. The monoisotopic (exact) mass is 296 g/mol. The van der Waals surface area contributed by atoms with Crippen LogP contribution in [0.4, 0.5) is 0 Å². The molecule has 1 aromatic carbocycles. The molecule has 0 radical (unpaired) electrons. The van der Waals surface area contributed by atoms with Crippen molar-refractivity contribution < 1.29 is 0 Å². The molecule has 0 bridgehead atoms. The fourth-order valence-electron chi connectivity index (χ4n) is 1.55. The summed E-state index contributed by atoms with van der Waals surface area (Å²) in [5.74, 6) is 0. The van der Waals surface area contributed by atoms with Crippen LogP contribution in [0.5, 0.6) is 0 Å². The highest BCUT2D eigenvalue weighted by Crippen LogP contribution is 2.34. The van der Waals surface area contributed by atoms with Crippen molar-refractivity contribution in [1.82, 2.24) is 4.98 Å². The van der Waals surface area contributed by atoms with Crippen LogP contribution in [0, 0.1) is 11.3 Å². The lowest BCUT2D eigenvalue weighted by Crippen LogP contribution is -1.91. The zero-order valence-corrected chi connectivity index (χ0v) is 11.4. The summed E-state index contributed by atoms with van der Waals surface area (Å²) in [5, 5.41) is 10.0. The number of nitrogens with zero attached hydrogens (tertiary/aromatic N) is 2. The lowest BCUT2D eigenvalue weighted by Gasteiger charge is -2.07. The van der Waals surface area contributed by atoms with Gasteiger partial charge in [-0.15, -0.1) is 0 Å². The Morgan fingerprint density at radius 2 is 1.94 bits per heavy atom. The molecule has 0 spiro atoms. The number of benzene rings is 1. The van der Waals surface area contributed by atoms with Gasteiger partial charge in [0.1, 0.15) is 0 Å². The van der Waals surface area contributed by atoms with Crippen LogP contribution in [0.2, 0.25) is 15.1 Å². The maximum absolute atomic E-state index is 8.62. The number of halogens is 3. The van der Waals surface area contributed by atoms with Crippen molar-refractivity contribution in [2.24, 2.45) is 0 Å². The van der Waals surface area contributed by atoms with Gasteiger partial charge in [-0.1, -0.05) is 46.9 Å². The lowest BCUT2D eigenvalue weighted by atomic mass is 10.1. The maximum Gasteiger partial charge on any atom is 0.0789 e. The van der Waals surface area contributed by atoms with E-state index in [9.17, 15) is 0 Å². The Morgan fingerprint density at radius 3 is 2.61 bits per heavy atom. The third-order valence-corrected chi connectivity index (χ3v) is 3.57. The van der Waals surface area contributed by atoms with Gasteiger partial charge in [-0.2, -0.15) is 5.26 Å². The SMILES string of the molecule is N#CCc1ncc(-c2cccc(Cl)c2Cl)cc1Cl. The van der Waals surface area contributed by atoms with Crippen molar-refractivity contribution in [2.45, 2.75) is 6.42 Å². The van der Waals surface area contributed by atoms with E-state index in [1.807, 2.05) is 12.1 Å². The van der Waals surface area contributed by atoms with Crippen molar-refractivity contribution in [3.05, 3.63) is 51.2 Å². The van der Waals surface area contributed by atoms with E-state index in [0.717, 1.165) is 11.1 Å². The molecule has 0 atom stereocenters. The first-order valence-electron chi connectivity index (χ1n) is 5.09. The normalized spacial score (nSPS) is 10.1. The third-order valence-electron chi connectivity index (χ3n) is 2.43. The summed E-state index contributed by atoms with van der Waals surface area (Å²) in [7, 11) is 0. The summed E-state index contributed by atoms with van der Waals surface area (Å²) in [5.41, 5.74) is 2.09. The van der Waals surface area contributed by atoms with Gasteiger partial charge in [0, 0.05) is 17.3 Å². The van der Waals surface area contributed by atoms with Crippen molar-refractivity contribution in [2.75, 3.05) is 0 Å². The van der Waals surface area contributed by atoms with Crippen LogP contribution in [0.25, 0.3) is 11.1 Å². The topological polar surface area (TPSA) is 36.7 Å². The van der Waals surface area contributed by atoms with Gasteiger partial charge in [0.05, 0.1) is 33.3 Å². The van der Waals surface area contributed by atoms with Crippen LogP contribution in [0.3, 0.4) is 0 Å². The van der Waals surface area contributed by atoms with Crippen LogP contribution in [-0.4, -0.2) is 4.98 Å². The molecule has 0 saturated carbocycles. The first kappa shape index (κ1) is 13.2. The van der Waals surface area contributed by atoms with Crippen LogP contribution in [0.15, 0.2) is 30.5 Å². The van der Waals surface area contributed by atoms with E-state index in [4.69, 9.17) is 40.1 Å². The smallest absolute Gasteiger partial charge is 0.0789 e. The van der Waals surface area contributed by atoms with Crippen molar-refractivity contribution in [1.29, 1.82) is 5.26 Å². The Bertz CT molecular complexity index is 633. The van der Waals surface area contributed by atoms with E-state index in [2.05, 4.69) is 4.98 Å². The number of hydrogen-bond donors (Lipinski definition) is 0. The molecule has 90 valence electrons. The second-order valence-corrected chi connectivity index (χ2v) is 4.78. The molecule has 0 aliphatic rings. The predicted octanol–water partition coefficient (Wildman–Crippen LogP) is 4.77. The quantitative estimate of drug-likeness (QED) is 0.800. The molecule has 0 aliphatic heterocycles. The number of rotatable bonds is 2. The molecule has 2 aromatic rings. The Labute approximate surface area is 120 Å². The van der Waals surface area contributed by atoms with E-state index in [0.29, 0.717) is 20.8 Å².